The summed E-state index contributed by atoms with van der Waals surface area (Å²) < 4.78 is 10.4. The van der Waals surface area contributed by atoms with E-state index in [4.69, 9.17) is 9.47 Å². The van der Waals surface area contributed by atoms with Crippen LogP contribution in [0.2, 0.25) is 0 Å². The number of aromatic nitrogens is 2. The van der Waals surface area contributed by atoms with E-state index in [1.165, 1.54) is 11.9 Å². The fraction of sp³-hybridized carbons (Fsp3) is 0.444. The Morgan fingerprint density at radius 1 is 1.12 bits per heavy atom. The molecule has 128 valence electrons. The molecule has 0 amide bonds. The molecule has 1 aliphatic heterocycles. The highest BCUT2D eigenvalue weighted by Gasteiger charge is 2.19. The van der Waals surface area contributed by atoms with Crippen molar-refractivity contribution in [3.05, 3.63) is 42.2 Å². The zero-order valence-electron chi connectivity index (χ0n) is 14.2. The molecule has 1 fully saturated rings. The maximum Gasteiger partial charge on any atom is 0.218 e. The van der Waals surface area contributed by atoms with Gasteiger partial charge in [0.05, 0.1) is 14.2 Å². The Hall–Kier alpha value is -2.34. The van der Waals surface area contributed by atoms with Crippen molar-refractivity contribution < 1.29 is 9.47 Å². The molecule has 6 heteroatoms. The number of methoxy groups -OCH3 is 2. The highest BCUT2D eigenvalue weighted by molar-refractivity contribution is 5.38. The summed E-state index contributed by atoms with van der Waals surface area (Å²) in [6.07, 6.45) is 3.71. The maximum absolute atomic E-state index is 5.30. The van der Waals surface area contributed by atoms with E-state index in [0.29, 0.717) is 11.9 Å². The van der Waals surface area contributed by atoms with Crippen molar-refractivity contribution in [3.63, 3.8) is 0 Å². The van der Waals surface area contributed by atoms with E-state index < -0.39 is 0 Å². The largest absolute Gasteiger partial charge is 0.497 e. The van der Waals surface area contributed by atoms with Crippen LogP contribution in [0.5, 0.6) is 11.6 Å². The molecule has 1 aromatic heterocycles. The number of hydrogen-bond donors (Lipinski definition) is 1. The number of benzene rings is 1. The standard InChI is InChI=1S/C18H24N4O2/c1-23-16-5-3-4-14(10-16)12-22-8-6-15(7-9-22)21-17-11-18(24-2)20-13-19-17/h3-5,10-11,13,15H,6-9,12H2,1-2H3,(H,19,20,21). The SMILES string of the molecule is COc1cccc(CN2CCC(Nc3cc(OC)ncn3)CC2)c1. The summed E-state index contributed by atoms with van der Waals surface area (Å²) in [5.74, 6) is 2.33. The van der Waals surface area contributed by atoms with Crippen LogP contribution < -0.4 is 14.8 Å². The molecule has 1 N–H and O–H groups in total. The van der Waals surface area contributed by atoms with E-state index in [1.54, 1.807) is 14.2 Å². The number of likely N-dealkylation sites (tertiary alicyclic amines) is 1. The fourth-order valence-electron chi connectivity index (χ4n) is 3.00. The van der Waals surface area contributed by atoms with Gasteiger partial charge in [0.25, 0.3) is 0 Å². The Morgan fingerprint density at radius 3 is 2.71 bits per heavy atom. The Bertz CT molecular complexity index is 599. The summed E-state index contributed by atoms with van der Waals surface area (Å²) in [4.78, 5) is 10.8. The smallest absolute Gasteiger partial charge is 0.218 e. The van der Waals surface area contributed by atoms with E-state index in [2.05, 4.69) is 32.3 Å². The highest BCUT2D eigenvalue weighted by atomic mass is 16.5. The van der Waals surface area contributed by atoms with Crippen LogP contribution in [0.15, 0.2) is 36.7 Å². The molecule has 0 unspecified atom stereocenters. The first-order valence-electron chi connectivity index (χ1n) is 8.24. The van der Waals surface area contributed by atoms with Gasteiger partial charge in [-0.3, -0.25) is 4.90 Å². The molecule has 0 saturated carbocycles. The van der Waals surface area contributed by atoms with Crippen LogP contribution >= 0.6 is 0 Å². The average Bonchev–Trinajstić information content (AvgIpc) is 2.64. The van der Waals surface area contributed by atoms with Gasteiger partial charge in [-0.1, -0.05) is 12.1 Å². The lowest BCUT2D eigenvalue weighted by atomic mass is 10.0. The van der Waals surface area contributed by atoms with Crippen LogP contribution in [-0.2, 0) is 6.54 Å². The van der Waals surface area contributed by atoms with Gasteiger partial charge in [0.1, 0.15) is 17.9 Å². The molecule has 2 aromatic rings. The van der Waals surface area contributed by atoms with E-state index in [0.717, 1.165) is 44.0 Å². The zero-order valence-corrected chi connectivity index (χ0v) is 14.2. The molecule has 1 aliphatic rings. The summed E-state index contributed by atoms with van der Waals surface area (Å²) >= 11 is 0. The van der Waals surface area contributed by atoms with E-state index in [9.17, 15) is 0 Å². The molecule has 1 aromatic carbocycles. The monoisotopic (exact) mass is 328 g/mol. The van der Waals surface area contributed by atoms with Gasteiger partial charge in [0, 0.05) is 31.7 Å². The highest BCUT2D eigenvalue weighted by Crippen LogP contribution is 2.20. The second-order valence-electron chi connectivity index (χ2n) is 5.99. The lowest BCUT2D eigenvalue weighted by Gasteiger charge is -2.32. The lowest BCUT2D eigenvalue weighted by molar-refractivity contribution is 0.211. The minimum atomic E-state index is 0.436. The van der Waals surface area contributed by atoms with Crippen LogP contribution in [0.3, 0.4) is 0 Å². The Morgan fingerprint density at radius 2 is 1.96 bits per heavy atom. The van der Waals surface area contributed by atoms with Crippen LogP contribution in [0, 0.1) is 0 Å². The normalized spacial score (nSPS) is 15.9. The third-order valence-electron chi connectivity index (χ3n) is 4.33. The van der Waals surface area contributed by atoms with Gasteiger partial charge in [0.2, 0.25) is 5.88 Å². The lowest BCUT2D eigenvalue weighted by Crippen LogP contribution is -2.38. The van der Waals surface area contributed by atoms with Crippen molar-refractivity contribution in [3.8, 4) is 11.6 Å². The molecular weight excluding hydrogens is 304 g/mol. The summed E-state index contributed by atoms with van der Waals surface area (Å²) in [5, 5.41) is 3.48. The number of piperidine rings is 1. The molecule has 0 atom stereocenters. The molecule has 0 spiro atoms. The van der Waals surface area contributed by atoms with Crippen molar-refractivity contribution in [1.29, 1.82) is 0 Å². The summed E-state index contributed by atoms with van der Waals surface area (Å²) in [6.45, 7) is 3.10. The van der Waals surface area contributed by atoms with E-state index in [1.807, 2.05) is 18.2 Å². The summed E-state index contributed by atoms with van der Waals surface area (Å²) in [7, 11) is 3.32. The van der Waals surface area contributed by atoms with Gasteiger partial charge in [-0.2, -0.15) is 0 Å². The first-order valence-corrected chi connectivity index (χ1v) is 8.24. The average molecular weight is 328 g/mol. The van der Waals surface area contributed by atoms with Gasteiger partial charge in [-0.15, -0.1) is 0 Å². The number of anilines is 1. The topological polar surface area (TPSA) is 59.5 Å². The number of rotatable bonds is 6. The van der Waals surface area contributed by atoms with E-state index in [-0.39, 0.29) is 0 Å². The Labute approximate surface area is 142 Å². The zero-order chi connectivity index (χ0) is 16.8. The van der Waals surface area contributed by atoms with E-state index >= 15 is 0 Å². The molecule has 0 bridgehead atoms. The van der Waals surface area contributed by atoms with Crippen LogP contribution in [0.25, 0.3) is 0 Å². The Balaban J connectivity index is 1.50. The predicted octanol–water partition coefficient (Wildman–Crippen LogP) is 2.57. The molecular formula is C18H24N4O2. The fourth-order valence-corrected chi connectivity index (χ4v) is 3.00. The first-order chi connectivity index (χ1) is 11.8. The maximum atomic E-state index is 5.30. The van der Waals surface area contributed by atoms with Crippen molar-refractivity contribution in [1.82, 2.24) is 14.9 Å². The molecule has 0 radical (unpaired) electrons. The first kappa shape index (κ1) is 16.5. The Kier molecular flexibility index (Phi) is 5.48. The minimum absolute atomic E-state index is 0.436. The molecule has 2 heterocycles. The number of ether oxygens (including phenoxy) is 2. The summed E-state index contributed by atoms with van der Waals surface area (Å²) in [5.41, 5.74) is 1.29. The van der Waals surface area contributed by atoms with Crippen LogP contribution in [0.1, 0.15) is 18.4 Å². The van der Waals surface area contributed by atoms with Crippen molar-refractivity contribution in [2.45, 2.75) is 25.4 Å². The quantitative estimate of drug-likeness (QED) is 0.879. The molecule has 3 rings (SSSR count). The predicted molar refractivity (Wildman–Crippen MR) is 93.5 cm³/mol. The molecule has 24 heavy (non-hydrogen) atoms. The second kappa shape index (κ2) is 7.97. The van der Waals surface area contributed by atoms with Gasteiger partial charge < -0.3 is 14.8 Å². The third kappa shape index (κ3) is 4.35. The molecule has 0 aliphatic carbocycles. The van der Waals surface area contributed by atoms with Crippen molar-refractivity contribution >= 4 is 5.82 Å². The van der Waals surface area contributed by atoms with Gasteiger partial charge in [-0.05, 0) is 30.5 Å². The molecule has 1 saturated heterocycles. The third-order valence-corrected chi connectivity index (χ3v) is 4.33. The molecule has 6 nitrogen and oxygen atoms in total. The number of hydrogen-bond acceptors (Lipinski definition) is 6. The van der Waals surface area contributed by atoms with Crippen molar-refractivity contribution in [2.75, 3.05) is 32.6 Å². The van der Waals surface area contributed by atoms with Crippen LogP contribution in [-0.4, -0.2) is 48.2 Å². The van der Waals surface area contributed by atoms with Crippen LogP contribution in [0.4, 0.5) is 5.82 Å². The van der Waals surface area contributed by atoms with Gasteiger partial charge in [-0.25, -0.2) is 9.97 Å². The van der Waals surface area contributed by atoms with Gasteiger partial charge >= 0.3 is 0 Å². The number of nitrogens with one attached hydrogen (secondary N) is 1. The summed E-state index contributed by atoms with van der Waals surface area (Å²) in [6, 6.07) is 10.6. The second-order valence-corrected chi connectivity index (χ2v) is 5.99. The minimum Gasteiger partial charge on any atom is -0.497 e. The number of nitrogens with zero attached hydrogens (tertiary/aromatic N) is 3. The van der Waals surface area contributed by atoms with Gasteiger partial charge in [0.15, 0.2) is 0 Å². The van der Waals surface area contributed by atoms with Crippen molar-refractivity contribution in [2.24, 2.45) is 0 Å².